The van der Waals surface area contributed by atoms with E-state index in [0.29, 0.717) is 5.56 Å². The van der Waals surface area contributed by atoms with Crippen molar-refractivity contribution in [3.63, 3.8) is 0 Å². The molecule has 0 saturated heterocycles. The van der Waals surface area contributed by atoms with Gasteiger partial charge in [0.05, 0.1) is 28.4 Å². The third-order valence-electron chi connectivity index (χ3n) is 6.65. The van der Waals surface area contributed by atoms with Gasteiger partial charge in [-0.2, -0.15) is 5.26 Å². The summed E-state index contributed by atoms with van der Waals surface area (Å²) in [5.41, 5.74) is 7.76. The van der Waals surface area contributed by atoms with Gasteiger partial charge in [0.15, 0.2) is 5.58 Å². The average molecular weight is 434 g/mol. The zero-order valence-electron chi connectivity index (χ0n) is 18.2. The van der Waals surface area contributed by atoms with E-state index in [2.05, 4.69) is 95.6 Å². The molecule has 0 amide bonds. The van der Waals surface area contributed by atoms with Crippen molar-refractivity contribution in [2.75, 3.05) is 0 Å². The fourth-order valence-corrected chi connectivity index (χ4v) is 5.12. The topological polar surface area (TPSA) is 41.9 Å². The lowest BCUT2D eigenvalue weighted by atomic mass is 10.0. The first kappa shape index (κ1) is 18.7. The van der Waals surface area contributed by atoms with Crippen molar-refractivity contribution in [1.82, 2.24) is 4.57 Å². The molecule has 0 N–H and O–H groups in total. The van der Waals surface area contributed by atoms with Gasteiger partial charge in [-0.25, -0.2) is 0 Å². The summed E-state index contributed by atoms with van der Waals surface area (Å²) in [7, 11) is 0. The van der Waals surface area contributed by atoms with Gasteiger partial charge in [-0.15, -0.1) is 0 Å². The molecule has 0 aliphatic carbocycles. The maximum Gasteiger partial charge on any atom is 0.159 e. The van der Waals surface area contributed by atoms with Crippen LogP contribution in [0.3, 0.4) is 0 Å². The van der Waals surface area contributed by atoms with Crippen LogP contribution in [0, 0.1) is 11.3 Å². The Kier molecular flexibility index (Phi) is 3.91. The molecule has 0 spiro atoms. The van der Waals surface area contributed by atoms with Gasteiger partial charge >= 0.3 is 0 Å². The standard InChI is InChI=1S/C31H18N2O/c32-19-20-15-17-21(18-16-20)22-9-5-10-25-26-11-6-14-29(31(26)34-30(22)25)33-27-12-3-1-7-23(27)24-8-2-4-13-28(24)33/h1-18H. The summed E-state index contributed by atoms with van der Waals surface area (Å²) < 4.78 is 8.96. The van der Waals surface area contributed by atoms with Crippen molar-refractivity contribution >= 4 is 43.7 Å². The summed E-state index contributed by atoms with van der Waals surface area (Å²) >= 11 is 0. The monoisotopic (exact) mass is 434 g/mol. The molecule has 34 heavy (non-hydrogen) atoms. The van der Waals surface area contributed by atoms with Gasteiger partial charge in [-0.05, 0) is 35.9 Å². The number of hydrogen-bond donors (Lipinski definition) is 0. The third kappa shape index (κ3) is 2.57. The predicted octanol–water partition coefficient (Wildman–Crippen LogP) is 8.22. The molecule has 0 atom stereocenters. The smallest absolute Gasteiger partial charge is 0.159 e. The van der Waals surface area contributed by atoms with E-state index in [4.69, 9.17) is 9.68 Å². The van der Waals surface area contributed by atoms with Crippen LogP contribution in [0.2, 0.25) is 0 Å². The van der Waals surface area contributed by atoms with Crippen molar-refractivity contribution in [2.45, 2.75) is 0 Å². The van der Waals surface area contributed by atoms with Crippen molar-refractivity contribution in [1.29, 1.82) is 5.26 Å². The van der Waals surface area contributed by atoms with Gasteiger partial charge in [0, 0.05) is 27.1 Å². The Balaban J connectivity index is 1.56. The Morgan fingerprint density at radius 2 is 1.15 bits per heavy atom. The fraction of sp³-hybridized carbons (Fsp3) is 0. The number of rotatable bonds is 2. The number of nitriles is 1. The highest BCUT2D eigenvalue weighted by Crippen LogP contribution is 2.40. The lowest BCUT2D eigenvalue weighted by Gasteiger charge is -2.08. The molecule has 2 heterocycles. The van der Waals surface area contributed by atoms with Gasteiger partial charge in [0.1, 0.15) is 5.58 Å². The highest BCUT2D eigenvalue weighted by molar-refractivity contribution is 6.14. The Morgan fingerprint density at radius 3 is 1.82 bits per heavy atom. The Labute approximate surface area is 195 Å². The van der Waals surface area contributed by atoms with Crippen LogP contribution in [0.5, 0.6) is 0 Å². The van der Waals surface area contributed by atoms with Crippen molar-refractivity contribution in [2.24, 2.45) is 0 Å². The van der Waals surface area contributed by atoms with E-state index in [-0.39, 0.29) is 0 Å². The first-order valence-electron chi connectivity index (χ1n) is 11.3. The van der Waals surface area contributed by atoms with Crippen LogP contribution in [0.1, 0.15) is 5.56 Å². The van der Waals surface area contributed by atoms with E-state index >= 15 is 0 Å². The first-order valence-corrected chi connectivity index (χ1v) is 11.3. The minimum absolute atomic E-state index is 0.647. The van der Waals surface area contributed by atoms with E-state index in [1.165, 1.54) is 10.8 Å². The zero-order valence-corrected chi connectivity index (χ0v) is 18.2. The number of nitrogens with zero attached hydrogens (tertiary/aromatic N) is 2. The van der Waals surface area contributed by atoms with Gasteiger partial charge in [-0.1, -0.05) is 78.9 Å². The van der Waals surface area contributed by atoms with Gasteiger partial charge < -0.3 is 8.98 Å². The third-order valence-corrected chi connectivity index (χ3v) is 6.65. The fourth-order valence-electron chi connectivity index (χ4n) is 5.12. The highest BCUT2D eigenvalue weighted by atomic mass is 16.3. The second kappa shape index (κ2) is 7.10. The van der Waals surface area contributed by atoms with Crippen LogP contribution in [0.4, 0.5) is 0 Å². The SMILES string of the molecule is N#Cc1ccc(-c2cccc3c2oc2c(-n4c5ccccc5c5ccccc54)cccc23)cc1. The summed E-state index contributed by atoms with van der Waals surface area (Å²) in [6.45, 7) is 0. The van der Waals surface area contributed by atoms with Gasteiger partial charge in [0.25, 0.3) is 0 Å². The molecule has 0 unspecified atom stereocenters. The minimum Gasteiger partial charge on any atom is -0.453 e. The summed E-state index contributed by atoms with van der Waals surface area (Å²) in [6.07, 6.45) is 0. The number of hydrogen-bond acceptors (Lipinski definition) is 2. The minimum atomic E-state index is 0.647. The van der Waals surface area contributed by atoms with E-state index in [1.807, 2.05) is 24.3 Å². The van der Waals surface area contributed by atoms with Crippen molar-refractivity contribution < 1.29 is 4.42 Å². The summed E-state index contributed by atoms with van der Waals surface area (Å²) in [4.78, 5) is 0. The van der Waals surface area contributed by atoms with Crippen molar-refractivity contribution in [3.05, 3.63) is 115 Å². The first-order chi connectivity index (χ1) is 16.8. The second-order valence-corrected chi connectivity index (χ2v) is 8.50. The normalized spacial score (nSPS) is 11.5. The lowest BCUT2D eigenvalue weighted by Crippen LogP contribution is -1.93. The molecule has 7 rings (SSSR count). The lowest BCUT2D eigenvalue weighted by molar-refractivity contribution is 0.667. The molecule has 5 aromatic carbocycles. The van der Waals surface area contributed by atoms with E-state index in [0.717, 1.165) is 49.8 Å². The van der Waals surface area contributed by atoms with E-state index in [1.54, 1.807) is 0 Å². The predicted molar refractivity (Wildman–Crippen MR) is 138 cm³/mol. The van der Waals surface area contributed by atoms with Crippen LogP contribution < -0.4 is 0 Å². The molecule has 0 aliphatic rings. The molecule has 0 radical (unpaired) electrons. The molecule has 158 valence electrons. The largest absolute Gasteiger partial charge is 0.453 e. The molecule has 3 heteroatoms. The van der Waals surface area contributed by atoms with Gasteiger partial charge in [0.2, 0.25) is 0 Å². The highest BCUT2D eigenvalue weighted by Gasteiger charge is 2.18. The Bertz CT molecular complexity index is 1860. The Hall–Kier alpha value is -4.81. The maximum atomic E-state index is 9.17. The molecule has 0 bridgehead atoms. The van der Waals surface area contributed by atoms with Crippen LogP contribution in [0.25, 0.3) is 60.6 Å². The molecule has 7 aromatic rings. The van der Waals surface area contributed by atoms with Crippen LogP contribution in [0.15, 0.2) is 114 Å². The molecular weight excluding hydrogens is 416 g/mol. The van der Waals surface area contributed by atoms with Crippen LogP contribution in [-0.2, 0) is 0 Å². The van der Waals surface area contributed by atoms with Crippen LogP contribution >= 0.6 is 0 Å². The maximum absolute atomic E-state index is 9.17. The summed E-state index contributed by atoms with van der Waals surface area (Å²) in [6, 6.07) is 39.5. The molecular formula is C31H18N2O. The summed E-state index contributed by atoms with van der Waals surface area (Å²) in [5.74, 6) is 0. The number of fused-ring (bicyclic) bond motifs is 6. The van der Waals surface area contributed by atoms with Crippen LogP contribution in [-0.4, -0.2) is 4.57 Å². The number of benzene rings is 5. The molecule has 0 fully saturated rings. The second-order valence-electron chi connectivity index (χ2n) is 8.50. The molecule has 0 saturated carbocycles. The number of para-hydroxylation sites is 4. The Morgan fingerprint density at radius 1 is 0.559 bits per heavy atom. The molecule has 2 aromatic heterocycles. The van der Waals surface area contributed by atoms with E-state index < -0.39 is 0 Å². The molecule has 0 aliphatic heterocycles. The van der Waals surface area contributed by atoms with Gasteiger partial charge in [-0.3, -0.25) is 0 Å². The van der Waals surface area contributed by atoms with E-state index in [9.17, 15) is 0 Å². The number of aromatic nitrogens is 1. The zero-order chi connectivity index (χ0) is 22.6. The summed E-state index contributed by atoms with van der Waals surface area (Å²) in [5, 5.41) is 13.8. The number of furan rings is 1. The molecule has 3 nitrogen and oxygen atoms in total. The quantitative estimate of drug-likeness (QED) is 0.275. The average Bonchev–Trinajstić information content (AvgIpc) is 3.45. The van der Waals surface area contributed by atoms with Crippen molar-refractivity contribution in [3.8, 4) is 22.9 Å².